The quantitative estimate of drug-likeness (QED) is 0.714. The van der Waals surface area contributed by atoms with Crippen LogP contribution in [-0.4, -0.2) is 37.1 Å². The summed E-state index contributed by atoms with van der Waals surface area (Å²) in [6.07, 6.45) is 1.43. The molecule has 3 heterocycles. The van der Waals surface area contributed by atoms with Crippen LogP contribution in [0.15, 0.2) is 48.7 Å². The molecule has 6 nitrogen and oxygen atoms in total. The summed E-state index contributed by atoms with van der Waals surface area (Å²) in [4.78, 5) is 23.3. The summed E-state index contributed by atoms with van der Waals surface area (Å²) in [5.41, 5.74) is 0.773. The van der Waals surface area contributed by atoms with Crippen LogP contribution in [0.25, 0.3) is 11.4 Å². The van der Waals surface area contributed by atoms with Crippen LogP contribution in [0.5, 0.6) is 0 Å². The number of hydrogen-bond acceptors (Lipinski definition) is 4. The molecule has 0 fully saturated rings. The van der Waals surface area contributed by atoms with Gasteiger partial charge in [-0.15, -0.1) is 0 Å². The first kappa shape index (κ1) is 17.3. The lowest BCUT2D eigenvalue weighted by Gasteiger charge is -2.37. The van der Waals surface area contributed by atoms with Crippen molar-refractivity contribution in [3.63, 3.8) is 0 Å². The minimum atomic E-state index is -0.609. The van der Waals surface area contributed by atoms with Gasteiger partial charge in [0.1, 0.15) is 0 Å². The fraction of sp³-hybridized carbons (Fsp3) is 0.300. The van der Waals surface area contributed by atoms with Gasteiger partial charge in [-0.05, 0) is 18.1 Å². The molecule has 4 rings (SSSR count). The smallest absolute Gasteiger partial charge is 0.276 e. The number of hydrogen-bond donors (Lipinski definition) is 0. The van der Waals surface area contributed by atoms with E-state index in [0.29, 0.717) is 18.9 Å². The molecule has 0 N–H and O–H groups in total. The molecule has 0 bridgehead atoms. The minimum absolute atomic E-state index is 0.0904. The predicted octanol–water partition coefficient (Wildman–Crippen LogP) is 3.33. The highest BCUT2D eigenvalue weighted by atomic mass is 19.1. The topological polar surface area (TPSA) is 63.9 Å². The molecule has 1 aliphatic rings. The van der Waals surface area contributed by atoms with Gasteiger partial charge in [0, 0.05) is 18.3 Å². The molecule has 1 aliphatic heterocycles. The minimum Gasteiger partial charge on any atom is -0.325 e. The summed E-state index contributed by atoms with van der Waals surface area (Å²) in [6.45, 7) is 4.99. The molecule has 7 heteroatoms. The van der Waals surface area contributed by atoms with Crippen molar-refractivity contribution in [3.8, 4) is 11.4 Å². The Morgan fingerprint density at radius 2 is 1.93 bits per heavy atom. The zero-order valence-corrected chi connectivity index (χ0v) is 15.2. The van der Waals surface area contributed by atoms with Gasteiger partial charge in [0.15, 0.2) is 23.2 Å². The summed E-state index contributed by atoms with van der Waals surface area (Å²) < 4.78 is 16.0. The number of amides is 1. The van der Waals surface area contributed by atoms with Gasteiger partial charge in [-0.2, -0.15) is 5.10 Å². The number of carbonyl (C=O) groups is 1. The van der Waals surface area contributed by atoms with E-state index in [-0.39, 0.29) is 17.7 Å². The molecular formula is C20H20FN5O. The Morgan fingerprint density at radius 3 is 2.63 bits per heavy atom. The SMILES string of the molecule is CC(C)[C@H]1c2nc(-c3ccccc3)nn2CCN1C(=O)c1ncccc1F. The van der Waals surface area contributed by atoms with Crippen molar-refractivity contribution in [1.82, 2.24) is 24.6 Å². The summed E-state index contributed by atoms with van der Waals surface area (Å²) in [7, 11) is 0. The number of rotatable bonds is 3. The first-order valence-corrected chi connectivity index (χ1v) is 8.98. The number of carbonyl (C=O) groups excluding carboxylic acids is 1. The molecule has 1 amide bonds. The van der Waals surface area contributed by atoms with E-state index < -0.39 is 11.7 Å². The molecule has 0 saturated carbocycles. The fourth-order valence-electron chi connectivity index (χ4n) is 3.49. The molecule has 138 valence electrons. The second kappa shape index (κ2) is 6.90. The Kier molecular flexibility index (Phi) is 4.43. The fourth-order valence-corrected chi connectivity index (χ4v) is 3.49. The van der Waals surface area contributed by atoms with Gasteiger partial charge in [0.25, 0.3) is 5.91 Å². The Morgan fingerprint density at radius 1 is 1.15 bits per heavy atom. The average Bonchev–Trinajstić information content (AvgIpc) is 3.12. The highest BCUT2D eigenvalue weighted by Crippen LogP contribution is 2.33. The zero-order chi connectivity index (χ0) is 19.0. The Hall–Kier alpha value is -3.09. The normalized spacial score (nSPS) is 16.4. The lowest BCUT2D eigenvalue weighted by atomic mass is 9.99. The van der Waals surface area contributed by atoms with Gasteiger partial charge in [0.2, 0.25) is 0 Å². The third-order valence-corrected chi connectivity index (χ3v) is 4.74. The highest BCUT2D eigenvalue weighted by molar-refractivity contribution is 5.92. The maximum atomic E-state index is 14.1. The standard InChI is InChI=1S/C20H20FN5O/c1-13(2)17-19-23-18(14-7-4-3-5-8-14)24-26(19)12-11-25(17)20(27)16-15(21)9-6-10-22-16/h3-10,13,17H,11-12H2,1-2H3/t17-/m0/s1. The van der Waals surface area contributed by atoms with Crippen LogP contribution in [-0.2, 0) is 6.54 Å². The molecule has 0 aliphatic carbocycles. The molecule has 2 aromatic heterocycles. The monoisotopic (exact) mass is 365 g/mol. The van der Waals surface area contributed by atoms with Crippen LogP contribution in [0.2, 0.25) is 0 Å². The summed E-state index contributed by atoms with van der Waals surface area (Å²) in [5.74, 6) is 0.422. The average molecular weight is 365 g/mol. The van der Waals surface area contributed by atoms with Gasteiger partial charge < -0.3 is 4.90 Å². The molecule has 0 radical (unpaired) electrons. The first-order valence-electron chi connectivity index (χ1n) is 8.98. The van der Waals surface area contributed by atoms with Crippen LogP contribution in [0.1, 0.15) is 36.2 Å². The second-order valence-electron chi connectivity index (χ2n) is 6.90. The molecule has 0 saturated heterocycles. The third-order valence-electron chi connectivity index (χ3n) is 4.74. The largest absolute Gasteiger partial charge is 0.325 e. The zero-order valence-electron chi connectivity index (χ0n) is 15.2. The van der Waals surface area contributed by atoms with Crippen molar-refractivity contribution in [2.24, 2.45) is 5.92 Å². The molecule has 0 unspecified atom stereocenters. The number of benzene rings is 1. The summed E-state index contributed by atoms with van der Waals surface area (Å²) >= 11 is 0. The second-order valence-corrected chi connectivity index (χ2v) is 6.90. The van der Waals surface area contributed by atoms with E-state index in [9.17, 15) is 9.18 Å². The van der Waals surface area contributed by atoms with Gasteiger partial charge in [-0.25, -0.2) is 19.0 Å². The third kappa shape index (κ3) is 3.09. The van der Waals surface area contributed by atoms with Crippen LogP contribution in [0, 0.1) is 11.7 Å². The molecular weight excluding hydrogens is 345 g/mol. The number of fused-ring (bicyclic) bond motifs is 1. The van der Waals surface area contributed by atoms with Gasteiger partial charge >= 0.3 is 0 Å². The molecule has 1 aromatic carbocycles. The molecule has 1 atom stereocenters. The Bertz CT molecular complexity index is 970. The number of pyridine rings is 1. The van der Waals surface area contributed by atoms with Crippen LogP contribution in [0.4, 0.5) is 4.39 Å². The van der Waals surface area contributed by atoms with Crippen molar-refractivity contribution < 1.29 is 9.18 Å². The van der Waals surface area contributed by atoms with E-state index in [2.05, 4.69) is 10.1 Å². The Labute approximate surface area is 156 Å². The molecule has 27 heavy (non-hydrogen) atoms. The van der Waals surface area contributed by atoms with Crippen molar-refractivity contribution in [3.05, 3.63) is 66.0 Å². The maximum Gasteiger partial charge on any atom is 0.276 e. The van der Waals surface area contributed by atoms with E-state index >= 15 is 0 Å². The predicted molar refractivity (Wildman–Crippen MR) is 98.3 cm³/mol. The maximum absolute atomic E-state index is 14.1. The van der Waals surface area contributed by atoms with E-state index in [1.54, 1.807) is 4.90 Å². The van der Waals surface area contributed by atoms with E-state index in [1.807, 2.05) is 48.9 Å². The molecule has 0 spiro atoms. The lowest BCUT2D eigenvalue weighted by Crippen LogP contribution is -2.45. The van der Waals surface area contributed by atoms with Crippen LogP contribution in [0.3, 0.4) is 0 Å². The van der Waals surface area contributed by atoms with Gasteiger partial charge in [-0.1, -0.05) is 44.2 Å². The van der Waals surface area contributed by atoms with Crippen molar-refractivity contribution in [1.29, 1.82) is 0 Å². The number of nitrogens with zero attached hydrogens (tertiary/aromatic N) is 5. The van der Waals surface area contributed by atoms with Crippen molar-refractivity contribution in [2.45, 2.75) is 26.4 Å². The van der Waals surface area contributed by atoms with E-state index in [1.165, 1.54) is 18.3 Å². The van der Waals surface area contributed by atoms with Crippen molar-refractivity contribution in [2.75, 3.05) is 6.54 Å². The summed E-state index contributed by atoms with van der Waals surface area (Å²) in [5, 5.41) is 4.62. The number of halogens is 1. The Balaban J connectivity index is 1.73. The molecule has 3 aromatic rings. The van der Waals surface area contributed by atoms with Gasteiger partial charge in [0.05, 0.1) is 12.6 Å². The number of aromatic nitrogens is 4. The van der Waals surface area contributed by atoms with Gasteiger partial charge in [-0.3, -0.25) is 4.79 Å². The first-order chi connectivity index (χ1) is 13.1. The van der Waals surface area contributed by atoms with Crippen molar-refractivity contribution >= 4 is 5.91 Å². The van der Waals surface area contributed by atoms with Crippen LogP contribution >= 0.6 is 0 Å². The highest BCUT2D eigenvalue weighted by Gasteiger charge is 2.37. The van der Waals surface area contributed by atoms with E-state index in [0.717, 1.165) is 11.4 Å². The van der Waals surface area contributed by atoms with Crippen LogP contribution < -0.4 is 0 Å². The summed E-state index contributed by atoms with van der Waals surface area (Å²) in [6, 6.07) is 12.2. The lowest BCUT2D eigenvalue weighted by molar-refractivity contribution is 0.0525. The van der Waals surface area contributed by atoms with E-state index in [4.69, 9.17) is 4.98 Å².